The zero-order valence-electron chi connectivity index (χ0n) is 14.0. The Morgan fingerprint density at radius 1 is 0.864 bits per heavy atom. The van der Waals surface area contributed by atoms with Crippen LogP contribution in [0.25, 0.3) is 0 Å². The van der Waals surface area contributed by atoms with E-state index in [1.807, 2.05) is 0 Å². The number of alkyl halides is 2. The van der Waals surface area contributed by atoms with Crippen molar-refractivity contribution in [3.8, 4) is 0 Å². The SMILES string of the molecule is CCCCC1=CC=CC1(Cl)C(C)C1(Cl)C=CC=C1CCCC. The molecule has 2 heteroatoms. The van der Waals surface area contributed by atoms with E-state index in [0.717, 1.165) is 12.8 Å². The highest BCUT2D eigenvalue weighted by Gasteiger charge is 2.49. The van der Waals surface area contributed by atoms with Gasteiger partial charge >= 0.3 is 0 Å². The third-order valence-electron chi connectivity index (χ3n) is 5.12. The second-order valence-electron chi connectivity index (χ2n) is 6.57. The second kappa shape index (κ2) is 7.41. The number of allylic oxidation sites excluding steroid dienone is 8. The van der Waals surface area contributed by atoms with Crippen LogP contribution in [0.4, 0.5) is 0 Å². The fourth-order valence-electron chi connectivity index (χ4n) is 3.51. The second-order valence-corrected chi connectivity index (χ2v) is 7.82. The van der Waals surface area contributed by atoms with Gasteiger partial charge in [-0.05, 0) is 36.8 Å². The van der Waals surface area contributed by atoms with E-state index in [1.165, 1.54) is 36.8 Å². The third-order valence-corrected chi connectivity index (χ3v) is 6.51. The van der Waals surface area contributed by atoms with Gasteiger partial charge in [-0.3, -0.25) is 0 Å². The normalized spacial score (nSPS) is 31.5. The minimum Gasteiger partial charge on any atom is -0.109 e. The van der Waals surface area contributed by atoms with Gasteiger partial charge < -0.3 is 0 Å². The first-order valence-electron chi connectivity index (χ1n) is 8.64. The predicted octanol–water partition coefficient (Wildman–Crippen LogP) is 6.95. The summed E-state index contributed by atoms with van der Waals surface area (Å²) in [5.41, 5.74) is 2.64. The Bertz CT molecular complexity index is 466. The molecule has 0 saturated carbocycles. The summed E-state index contributed by atoms with van der Waals surface area (Å²) < 4.78 is 0. The molecular formula is C20H28Cl2. The highest BCUT2D eigenvalue weighted by molar-refractivity contribution is 6.32. The minimum atomic E-state index is -0.448. The average Bonchev–Trinajstić information content (AvgIpc) is 3.07. The van der Waals surface area contributed by atoms with Gasteiger partial charge in [0.2, 0.25) is 0 Å². The van der Waals surface area contributed by atoms with Crippen molar-refractivity contribution in [2.24, 2.45) is 5.92 Å². The molecule has 0 aromatic carbocycles. The van der Waals surface area contributed by atoms with Crippen LogP contribution in [0.5, 0.6) is 0 Å². The van der Waals surface area contributed by atoms with Crippen LogP contribution in [0.15, 0.2) is 47.6 Å². The molecule has 2 rings (SSSR count). The molecule has 0 amide bonds. The van der Waals surface area contributed by atoms with Gasteiger partial charge in [-0.15, -0.1) is 23.2 Å². The Kier molecular flexibility index (Phi) is 6.02. The lowest BCUT2D eigenvalue weighted by Crippen LogP contribution is -2.43. The first-order valence-corrected chi connectivity index (χ1v) is 9.40. The van der Waals surface area contributed by atoms with Crippen molar-refractivity contribution in [2.75, 3.05) is 0 Å². The van der Waals surface area contributed by atoms with Crippen molar-refractivity contribution < 1.29 is 0 Å². The molecule has 0 N–H and O–H groups in total. The van der Waals surface area contributed by atoms with E-state index in [1.54, 1.807) is 0 Å². The first-order chi connectivity index (χ1) is 10.5. The van der Waals surface area contributed by atoms with E-state index in [4.69, 9.17) is 23.2 Å². The first kappa shape index (κ1) is 17.9. The van der Waals surface area contributed by atoms with Crippen molar-refractivity contribution in [2.45, 2.75) is 69.0 Å². The Hall–Kier alpha value is -0.460. The van der Waals surface area contributed by atoms with Crippen LogP contribution in [0.1, 0.15) is 59.3 Å². The van der Waals surface area contributed by atoms with E-state index in [9.17, 15) is 0 Å². The van der Waals surface area contributed by atoms with Crippen LogP contribution < -0.4 is 0 Å². The Morgan fingerprint density at radius 3 is 1.64 bits per heavy atom. The van der Waals surface area contributed by atoms with Gasteiger partial charge in [0.25, 0.3) is 0 Å². The standard InChI is InChI=1S/C20H28Cl2/c1-4-6-10-17-12-8-14-19(17,21)16(3)20(22)15-9-13-18(20)11-7-5-2/h8-9,12-16H,4-7,10-11H2,1-3H3. The summed E-state index contributed by atoms with van der Waals surface area (Å²) in [6.07, 6.45) is 19.7. The Morgan fingerprint density at radius 2 is 1.27 bits per heavy atom. The van der Waals surface area contributed by atoms with Gasteiger partial charge in [-0.1, -0.05) is 70.1 Å². The van der Waals surface area contributed by atoms with Crippen LogP contribution in [0.3, 0.4) is 0 Å². The smallest absolute Gasteiger partial charge is 0.0889 e. The molecule has 0 heterocycles. The van der Waals surface area contributed by atoms with Gasteiger partial charge in [-0.2, -0.15) is 0 Å². The Balaban J connectivity index is 2.20. The molecule has 0 fully saturated rings. The number of rotatable bonds is 8. The average molecular weight is 339 g/mol. The fraction of sp³-hybridized carbons (Fsp3) is 0.600. The molecule has 0 bridgehead atoms. The van der Waals surface area contributed by atoms with Crippen LogP contribution in [0.2, 0.25) is 0 Å². The van der Waals surface area contributed by atoms with Crippen LogP contribution in [-0.2, 0) is 0 Å². The maximum Gasteiger partial charge on any atom is 0.0889 e. The lowest BCUT2D eigenvalue weighted by atomic mass is 9.74. The lowest BCUT2D eigenvalue weighted by molar-refractivity contribution is 0.437. The molecule has 0 aromatic heterocycles. The van der Waals surface area contributed by atoms with E-state index in [0.29, 0.717) is 0 Å². The Labute approximate surface area is 146 Å². The molecule has 2 aliphatic carbocycles. The fourth-order valence-corrected chi connectivity index (χ4v) is 4.37. The summed E-state index contributed by atoms with van der Waals surface area (Å²) in [5, 5.41) is 0. The highest BCUT2D eigenvalue weighted by atomic mass is 35.5. The number of unbranched alkanes of at least 4 members (excludes halogenated alkanes) is 2. The highest BCUT2D eigenvalue weighted by Crippen LogP contribution is 2.52. The molecule has 2 aliphatic rings. The van der Waals surface area contributed by atoms with Crippen molar-refractivity contribution in [1.82, 2.24) is 0 Å². The van der Waals surface area contributed by atoms with E-state index < -0.39 is 9.75 Å². The van der Waals surface area contributed by atoms with Gasteiger partial charge in [-0.25, -0.2) is 0 Å². The van der Waals surface area contributed by atoms with Crippen LogP contribution in [0, 0.1) is 5.92 Å². The third kappa shape index (κ3) is 3.24. The minimum absolute atomic E-state index is 0.132. The topological polar surface area (TPSA) is 0 Å². The van der Waals surface area contributed by atoms with Crippen molar-refractivity contribution in [3.05, 3.63) is 47.6 Å². The molecule has 0 aliphatic heterocycles. The van der Waals surface area contributed by atoms with Gasteiger partial charge in [0.1, 0.15) is 0 Å². The maximum atomic E-state index is 7.09. The van der Waals surface area contributed by atoms with Crippen molar-refractivity contribution in [1.29, 1.82) is 0 Å². The molecule has 0 aromatic rings. The van der Waals surface area contributed by atoms with Gasteiger partial charge in [0.15, 0.2) is 0 Å². The molecule has 0 spiro atoms. The zero-order chi connectivity index (χ0) is 16.2. The van der Waals surface area contributed by atoms with E-state index >= 15 is 0 Å². The zero-order valence-corrected chi connectivity index (χ0v) is 15.6. The summed E-state index contributed by atoms with van der Waals surface area (Å²) in [7, 11) is 0. The van der Waals surface area contributed by atoms with E-state index in [2.05, 4.69) is 57.2 Å². The monoisotopic (exact) mass is 338 g/mol. The summed E-state index contributed by atoms with van der Waals surface area (Å²) in [5.74, 6) is 0.132. The van der Waals surface area contributed by atoms with Crippen LogP contribution >= 0.6 is 23.2 Å². The summed E-state index contributed by atoms with van der Waals surface area (Å²) >= 11 is 14.2. The quantitative estimate of drug-likeness (QED) is 0.420. The molecule has 122 valence electrons. The number of hydrogen-bond donors (Lipinski definition) is 0. The molecule has 0 saturated heterocycles. The molecular weight excluding hydrogens is 311 g/mol. The molecule has 22 heavy (non-hydrogen) atoms. The van der Waals surface area contributed by atoms with Gasteiger partial charge in [0, 0.05) is 5.92 Å². The van der Waals surface area contributed by atoms with E-state index in [-0.39, 0.29) is 5.92 Å². The van der Waals surface area contributed by atoms with Crippen LogP contribution in [-0.4, -0.2) is 9.75 Å². The molecule has 2 atom stereocenters. The summed E-state index contributed by atoms with van der Waals surface area (Å²) in [6.45, 7) is 6.64. The molecule has 0 nitrogen and oxygen atoms in total. The molecule has 2 unspecified atom stereocenters. The maximum absolute atomic E-state index is 7.09. The molecule has 0 radical (unpaired) electrons. The number of halogens is 2. The lowest BCUT2D eigenvalue weighted by Gasteiger charge is -2.41. The van der Waals surface area contributed by atoms with Crippen molar-refractivity contribution >= 4 is 23.2 Å². The van der Waals surface area contributed by atoms with Gasteiger partial charge in [0.05, 0.1) is 9.75 Å². The summed E-state index contributed by atoms with van der Waals surface area (Å²) in [4.78, 5) is -0.895. The van der Waals surface area contributed by atoms with Crippen molar-refractivity contribution in [3.63, 3.8) is 0 Å². The summed E-state index contributed by atoms with van der Waals surface area (Å²) in [6, 6.07) is 0. The largest absolute Gasteiger partial charge is 0.109 e. The number of hydrogen-bond acceptors (Lipinski definition) is 0. The predicted molar refractivity (Wildman–Crippen MR) is 99.8 cm³/mol.